The molecule has 0 bridgehead atoms. The molecule has 1 N–H and O–H groups in total. The second-order valence-electron chi connectivity index (χ2n) is 5.49. The van der Waals surface area contributed by atoms with Gasteiger partial charge in [-0.25, -0.2) is 4.98 Å². The third-order valence-corrected chi connectivity index (χ3v) is 3.95. The van der Waals surface area contributed by atoms with Crippen LogP contribution < -0.4 is 15.2 Å². The number of hydrogen-bond acceptors (Lipinski definition) is 5. The summed E-state index contributed by atoms with van der Waals surface area (Å²) >= 11 is 0. The van der Waals surface area contributed by atoms with Crippen molar-refractivity contribution in [3.8, 4) is 5.75 Å². The Morgan fingerprint density at radius 1 is 1.43 bits per heavy atom. The number of aromatic amines is 1. The number of ether oxygens (including phenoxy) is 1. The Hall–Kier alpha value is -2.08. The summed E-state index contributed by atoms with van der Waals surface area (Å²) in [5.41, 5.74) is 1.44. The van der Waals surface area contributed by atoms with Crippen molar-refractivity contribution in [2.75, 3.05) is 38.7 Å². The Balaban J connectivity index is 2.09. The number of likely N-dealkylation sites (N-methyl/N-ethyl adjacent to an activating group) is 1. The standard InChI is InChI=1S/C15H20N4O2/c1-4-21-12-6-5-11-13(15(20)17-9-16-11)14(12)19-7-10(8-19)18(2)3/h5-6,9-10H,4,7-8H2,1-3H3,(H,16,17,20). The van der Waals surface area contributed by atoms with E-state index in [0.717, 1.165) is 24.5 Å². The molecule has 3 rings (SSSR count). The van der Waals surface area contributed by atoms with Gasteiger partial charge in [0.2, 0.25) is 0 Å². The molecular weight excluding hydrogens is 268 g/mol. The van der Waals surface area contributed by atoms with Gasteiger partial charge in [0.05, 0.1) is 29.5 Å². The van der Waals surface area contributed by atoms with Crippen LogP contribution in [-0.2, 0) is 0 Å². The van der Waals surface area contributed by atoms with Crippen molar-refractivity contribution in [3.63, 3.8) is 0 Å². The fourth-order valence-corrected chi connectivity index (χ4v) is 2.68. The highest BCUT2D eigenvalue weighted by molar-refractivity contribution is 5.95. The maximum atomic E-state index is 12.2. The van der Waals surface area contributed by atoms with Crippen LogP contribution >= 0.6 is 0 Å². The number of nitrogens with zero attached hydrogens (tertiary/aromatic N) is 3. The quantitative estimate of drug-likeness (QED) is 0.912. The molecule has 0 spiro atoms. The highest BCUT2D eigenvalue weighted by Crippen LogP contribution is 2.37. The number of fused-ring (bicyclic) bond motifs is 1. The van der Waals surface area contributed by atoms with Crippen molar-refractivity contribution in [2.45, 2.75) is 13.0 Å². The highest BCUT2D eigenvalue weighted by Gasteiger charge is 2.32. The molecule has 6 nitrogen and oxygen atoms in total. The maximum Gasteiger partial charge on any atom is 0.260 e. The monoisotopic (exact) mass is 288 g/mol. The maximum absolute atomic E-state index is 12.2. The van der Waals surface area contributed by atoms with E-state index in [1.54, 1.807) is 0 Å². The summed E-state index contributed by atoms with van der Waals surface area (Å²) in [6, 6.07) is 4.24. The minimum absolute atomic E-state index is 0.121. The first-order valence-electron chi connectivity index (χ1n) is 7.16. The van der Waals surface area contributed by atoms with Gasteiger partial charge < -0.3 is 19.5 Å². The first-order valence-corrected chi connectivity index (χ1v) is 7.16. The molecule has 0 aliphatic carbocycles. The lowest BCUT2D eigenvalue weighted by Gasteiger charge is -2.44. The molecule has 1 aliphatic rings. The Morgan fingerprint density at radius 3 is 2.86 bits per heavy atom. The van der Waals surface area contributed by atoms with Crippen LogP contribution in [0.25, 0.3) is 10.9 Å². The van der Waals surface area contributed by atoms with Crippen molar-refractivity contribution in [2.24, 2.45) is 0 Å². The smallest absolute Gasteiger partial charge is 0.260 e. The number of nitrogens with one attached hydrogen (secondary N) is 1. The van der Waals surface area contributed by atoms with Crippen molar-refractivity contribution in [3.05, 3.63) is 28.8 Å². The lowest BCUT2D eigenvalue weighted by atomic mass is 10.0. The van der Waals surface area contributed by atoms with Crippen LogP contribution in [0.15, 0.2) is 23.3 Å². The number of hydrogen-bond donors (Lipinski definition) is 1. The van der Waals surface area contributed by atoms with Crippen molar-refractivity contribution >= 4 is 16.6 Å². The molecule has 2 aromatic rings. The van der Waals surface area contributed by atoms with Gasteiger partial charge in [0.1, 0.15) is 5.75 Å². The van der Waals surface area contributed by atoms with E-state index in [4.69, 9.17) is 4.74 Å². The SMILES string of the molecule is CCOc1ccc2nc[nH]c(=O)c2c1N1CC(N(C)C)C1. The molecule has 0 unspecified atom stereocenters. The molecule has 1 saturated heterocycles. The van der Waals surface area contributed by atoms with E-state index in [0.29, 0.717) is 23.6 Å². The summed E-state index contributed by atoms with van der Waals surface area (Å²) in [4.78, 5) is 23.5. The van der Waals surface area contributed by atoms with Gasteiger partial charge in [-0.1, -0.05) is 0 Å². The van der Waals surface area contributed by atoms with Crippen LogP contribution in [0.2, 0.25) is 0 Å². The number of H-pyrrole nitrogens is 1. The molecule has 112 valence electrons. The van der Waals surface area contributed by atoms with Crippen LogP contribution in [0.1, 0.15) is 6.92 Å². The van der Waals surface area contributed by atoms with Crippen LogP contribution in [0.4, 0.5) is 5.69 Å². The Morgan fingerprint density at radius 2 is 2.19 bits per heavy atom. The van der Waals surface area contributed by atoms with E-state index in [1.165, 1.54) is 6.33 Å². The fourth-order valence-electron chi connectivity index (χ4n) is 2.68. The van der Waals surface area contributed by atoms with Crippen LogP contribution in [0, 0.1) is 0 Å². The summed E-state index contributed by atoms with van der Waals surface area (Å²) < 4.78 is 5.72. The second-order valence-corrected chi connectivity index (χ2v) is 5.49. The third kappa shape index (κ3) is 2.35. The first kappa shape index (κ1) is 13.9. The summed E-state index contributed by atoms with van der Waals surface area (Å²) in [7, 11) is 4.14. The number of anilines is 1. The molecule has 6 heteroatoms. The number of rotatable bonds is 4. The van der Waals surface area contributed by atoms with E-state index >= 15 is 0 Å². The topological polar surface area (TPSA) is 61.5 Å². The molecule has 1 aromatic heterocycles. The van der Waals surface area contributed by atoms with Gasteiger partial charge in [-0.2, -0.15) is 0 Å². The Labute approximate surface area is 123 Å². The predicted octanol–water partition coefficient (Wildman–Crippen LogP) is 1.07. The normalized spacial score (nSPS) is 15.5. The van der Waals surface area contributed by atoms with Crippen LogP contribution in [-0.4, -0.2) is 54.7 Å². The number of aromatic nitrogens is 2. The number of benzene rings is 1. The summed E-state index contributed by atoms with van der Waals surface area (Å²) in [5.74, 6) is 0.751. The average Bonchev–Trinajstić information content (AvgIpc) is 2.39. The Kier molecular flexibility index (Phi) is 3.55. The van der Waals surface area contributed by atoms with E-state index in [2.05, 4.69) is 33.9 Å². The van der Waals surface area contributed by atoms with Crippen LogP contribution in [0.5, 0.6) is 5.75 Å². The van der Waals surface area contributed by atoms with Gasteiger partial charge in [-0.15, -0.1) is 0 Å². The van der Waals surface area contributed by atoms with E-state index in [1.807, 2.05) is 19.1 Å². The minimum Gasteiger partial charge on any atom is -0.492 e. The summed E-state index contributed by atoms with van der Waals surface area (Å²) in [6.07, 6.45) is 1.44. The Bertz CT molecular complexity index is 704. The van der Waals surface area contributed by atoms with Gasteiger partial charge in [0, 0.05) is 19.1 Å². The molecule has 2 heterocycles. The molecule has 21 heavy (non-hydrogen) atoms. The largest absolute Gasteiger partial charge is 0.492 e. The molecule has 0 saturated carbocycles. The molecule has 0 atom stereocenters. The zero-order chi connectivity index (χ0) is 15.0. The summed E-state index contributed by atoms with van der Waals surface area (Å²) in [5, 5.41) is 0.612. The summed E-state index contributed by atoms with van der Waals surface area (Å²) in [6.45, 7) is 4.29. The van der Waals surface area contributed by atoms with Gasteiger partial charge >= 0.3 is 0 Å². The van der Waals surface area contributed by atoms with Gasteiger partial charge in [0.25, 0.3) is 5.56 Å². The molecule has 1 aromatic carbocycles. The predicted molar refractivity (Wildman–Crippen MR) is 83.2 cm³/mol. The van der Waals surface area contributed by atoms with E-state index in [-0.39, 0.29) is 5.56 Å². The molecule has 1 aliphatic heterocycles. The first-order chi connectivity index (χ1) is 10.1. The lowest BCUT2D eigenvalue weighted by Crippen LogP contribution is -2.57. The van der Waals surface area contributed by atoms with Crippen molar-refractivity contribution < 1.29 is 4.74 Å². The van der Waals surface area contributed by atoms with Gasteiger partial charge in [-0.3, -0.25) is 4.79 Å². The zero-order valence-electron chi connectivity index (χ0n) is 12.6. The lowest BCUT2D eigenvalue weighted by molar-refractivity contribution is 0.245. The fraction of sp³-hybridized carbons (Fsp3) is 0.467. The second kappa shape index (κ2) is 5.37. The third-order valence-electron chi connectivity index (χ3n) is 3.95. The van der Waals surface area contributed by atoms with Crippen molar-refractivity contribution in [1.82, 2.24) is 14.9 Å². The van der Waals surface area contributed by atoms with Gasteiger partial charge in [0.15, 0.2) is 0 Å². The average molecular weight is 288 g/mol. The highest BCUT2D eigenvalue weighted by atomic mass is 16.5. The molecular formula is C15H20N4O2. The van der Waals surface area contributed by atoms with Gasteiger partial charge in [-0.05, 0) is 33.2 Å². The molecule has 0 amide bonds. The van der Waals surface area contributed by atoms with E-state index in [9.17, 15) is 4.79 Å². The van der Waals surface area contributed by atoms with Crippen LogP contribution in [0.3, 0.4) is 0 Å². The molecule has 0 radical (unpaired) electrons. The zero-order valence-corrected chi connectivity index (χ0v) is 12.6. The van der Waals surface area contributed by atoms with Crippen molar-refractivity contribution in [1.29, 1.82) is 0 Å². The molecule has 1 fully saturated rings. The van der Waals surface area contributed by atoms with E-state index < -0.39 is 0 Å². The minimum atomic E-state index is -0.121.